The maximum absolute atomic E-state index is 12.5. The molecular formula is C12H13FN2O9. The molecule has 0 aliphatic carbocycles. The number of ether oxygens (including phenoxy) is 2. The summed E-state index contributed by atoms with van der Waals surface area (Å²) >= 11 is 0. The number of nitrogens with zero attached hydrogens (tertiary/aromatic N) is 2. The second-order valence-corrected chi connectivity index (χ2v) is 4.93. The number of benzene rings is 1. The number of para-hydroxylation sites is 1. The highest BCUT2D eigenvalue weighted by Crippen LogP contribution is 2.38. The predicted molar refractivity (Wildman–Crippen MR) is 73.0 cm³/mol. The number of hydrogen-bond donors (Lipinski definition) is 3. The van der Waals surface area contributed by atoms with Crippen LogP contribution in [0, 0.1) is 20.2 Å². The Morgan fingerprint density at radius 2 is 1.92 bits per heavy atom. The highest BCUT2D eigenvalue weighted by molar-refractivity contribution is 5.61. The number of rotatable bonds is 6. The third kappa shape index (κ3) is 3.26. The van der Waals surface area contributed by atoms with Gasteiger partial charge < -0.3 is 24.8 Å². The molecule has 12 heteroatoms. The summed E-state index contributed by atoms with van der Waals surface area (Å²) in [7, 11) is 0. The van der Waals surface area contributed by atoms with E-state index in [0.29, 0.717) is 0 Å². The minimum Gasteiger partial charge on any atom is -0.454 e. The summed E-state index contributed by atoms with van der Waals surface area (Å²) in [6.45, 7) is -1.27. The van der Waals surface area contributed by atoms with Crippen LogP contribution >= 0.6 is 0 Å². The van der Waals surface area contributed by atoms with Crippen molar-refractivity contribution in [2.24, 2.45) is 0 Å². The first-order valence-electron chi connectivity index (χ1n) is 6.62. The van der Waals surface area contributed by atoms with Crippen molar-refractivity contribution in [1.29, 1.82) is 0 Å². The average Bonchev–Trinajstić information content (AvgIpc) is 2.82. The van der Waals surface area contributed by atoms with Gasteiger partial charge in [0, 0.05) is 6.07 Å². The fourth-order valence-electron chi connectivity index (χ4n) is 2.24. The lowest BCUT2D eigenvalue weighted by Gasteiger charge is -2.18. The molecule has 1 fully saturated rings. The number of hydrogen-bond acceptors (Lipinski definition) is 9. The van der Waals surface area contributed by atoms with Gasteiger partial charge in [0.05, 0.1) is 9.85 Å². The Balaban J connectivity index is 2.30. The van der Waals surface area contributed by atoms with Gasteiger partial charge in [-0.3, -0.25) is 20.2 Å². The molecule has 1 saturated heterocycles. The molecule has 0 saturated carbocycles. The summed E-state index contributed by atoms with van der Waals surface area (Å²) in [6.07, 6.45) is -8.42. The molecule has 0 spiro atoms. The monoisotopic (exact) mass is 348 g/mol. The van der Waals surface area contributed by atoms with Gasteiger partial charge in [-0.25, -0.2) is 4.39 Å². The van der Waals surface area contributed by atoms with Gasteiger partial charge in [-0.15, -0.1) is 0 Å². The van der Waals surface area contributed by atoms with Crippen LogP contribution in [0.1, 0.15) is 0 Å². The molecule has 0 amide bonds. The molecule has 1 heterocycles. The highest BCUT2D eigenvalue weighted by atomic mass is 19.1. The average molecular weight is 348 g/mol. The lowest BCUT2D eigenvalue weighted by atomic mass is 10.1. The standard InChI is InChI=1S/C12H13FN2O9/c13-4-6(16)11-9(17)10(18)12(24-11)23-7-3-1-2-5(14(19)20)8(7)15(21)22/h1-3,6,9-12,16-18H,4H2/t6-,9-,10-,11+,12?/m1/s1. The van der Waals surface area contributed by atoms with Crippen molar-refractivity contribution in [1.82, 2.24) is 0 Å². The van der Waals surface area contributed by atoms with E-state index in [1.807, 2.05) is 0 Å². The molecule has 1 aliphatic heterocycles. The molecule has 3 N–H and O–H groups in total. The number of alkyl halides is 1. The van der Waals surface area contributed by atoms with Gasteiger partial charge >= 0.3 is 11.4 Å². The van der Waals surface area contributed by atoms with E-state index < -0.39 is 64.4 Å². The normalized spacial score (nSPS) is 27.7. The lowest BCUT2D eigenvalue weighted by molar-refractivity contribution is -0.423. The Bertz CT molecular complexity index is 643. The van der Waals surface area contributed by atoms with E-state index in [1.54, 1.807) is 0 Å². The van der Waals surface area contributed by atoms with E-state index in [4.69, 9.17) is 9.47 Å². The lowest BCUT2D eigenvalue weighted by Crippen LogP contribution is -2.40. The van der Waals surface area contributed by atoms with Crippen LogP contribution in [0.15, 0.2) is 18.2 Å². The van der Waals surface area contributed by atoms with E-state index in [0.717, 1.165) is 18.2 Å². The SMILES string of the molecule is O=[N+]([O-])c1cccc(OC2O[C@@H]([C@H](O)CF)[C@H](O)[C@H]2O)c1[N+](=O)[O-]. The molecular weight excluding hydrogens is 335 g/mol. The Morgan fingerprint density at radius 1 is 1.25 bits per heavy atom. The molecule has 11 nitrogen and oxygen atoms in total. The Hall–Kier alpha value is -2.41. The summed E-state index contributed by atoms with van der Waals surface area (Å²) in [6, 6.07) is 3.04. The summed E-state index contributed by atoms with van der Waals surface area (Å²) in [5.74, 6) is -0.583. The van der Waals surface area contributed by atoms with Crippen LogP contribution in [0.4, 0.5) is 15.8 Å². The van der Waals surface area contributed by atoms with Crippen molar-refractivity contribution < 1.29 is 39.0 Å². The highest BCUT2D eigenvalue weighted by Gasteiger charge is 2.48. The fourth-order valence-corrected chi connectivity index (χ4v) is 2.24. The fraction of sp³-hybridized carbons (Fsp3) is 0.500. The van der Waals surface area contributed by atoms with Gasteiger partial charge in [0.25, 0.3) is 0 Å². The number of aliphatic hydroxyl groups is 3. The largest absolute Gasteiger partial charge is 0.454 e. The molecule has 1 unspecified atom stereocenters. The second kappa shape index (κ2) is 7.00. The van der Waals surface area contributed by atoms with Crippen LogP contribution in [-0.4, -0.2) is 62.5 Å². The number of aliphatic hydroxyl groups excluding tert-OH is 3. The van der Waals surface area contributed by atoms with E-state index in [2.05, 4.69) is 0 Å². The van der Waals surface area contributed by atoms with Crippen molar-refractivity contribution in [2.75, 3.05) is 6.67 Å². The van der Waals surface area contributed by atoms with Crippen LogP contribution in [0.25, 0.3) is 0 Å². The van der Waals surface area contributed by atoms with Crippen LogP contribution < -0.4 is 4.74 Å². The topological polar surface area (TPSA) is 165 Å². The second-order valence-electron chi connectivity index (χ2n) is 4.93. The zero-order valence-corrected chi connectivity index (χ0v) is 11.9. The van der Waals surface area contributed by atoms with Crippen LogP contribution in [0.2, 0.25) is 0 Å². The summed E-state index contributed by atoms with van der Waals surface area (Å²) < 4.78 is 22.5. The molecule has 0 bridgehead atoms. The maximum Gasteiger partial charge on any atom is 0.387 e. The third-order valence-electron chi connectivity index (χ3n) is 3.39. The van der Waals surface area contributed by atoms with Gasteiger partial charge in [-0.2, -0.15) is 0 Å². The molecule has 1 aliphatic rings. The maximum atomic E-state index is 12.5. The molecule has 5 atom stereocenters. The Morgan fingerprint density at radius 3 is 2.46 bits per heavy atom. The summed E-state index contributed by atoms with van der Waals surface area (Å²) in [4.78, 5) is 19.9. The van der Waals surface area contributed by atoms with Gasteiger partial charge in [-0.05, 0) is 6.07 Å². The zero-order chi connectivity index (χ0) is 18.0. The van der Waals surface area contributed by atoms with Gasteiger partial charge in [-0.1, -0.05) is 6.07 Å². The molecule has 132 valence electrons. The predicted octanol–water partition coefficient (Wildman–Crippen LogP) is -0.341. The summed E-state index contributed by atoms with van der Waals surface area (Å²) in [5.41, 5.74) is -1.81. The molecule has 1 aromatic carbocycles. The van der Waals surface area contributed by atoms with E-state index >= 15 is 0 Å². The van der Waals surface area contributed by atoms with Crippen molar-refractivity contribution in [3.63, 3.8) is 0 Å². The van der Waals surface area contributed by atoms with Gasteiger partial charge in [0.1, 0.15) is 31.1 Å². The van der Waals surface area contributed by atoms with Crippen LogP contribution in [-0.2, 0) is 4.74 Å². The van der Waals surface area contributed by atoms with Crippen LogP contribution in [0.5, 0.6) is 5.75 Å². The molecule has 24 heavy (non-hydrogen) atoms. The smallest absolute Gasteiger partial charge is 0.387 e. The number of halogens is 1. The van der Waals surface area contributed by atoms with Crippen molar-refractivity contribution in [2.45, 2.75) is 30.7 Å². The molecule has 2 rings (SSSR count). The first kappa shape index (κ1) is 17.9. The quantitative estimate of drug-likeness (QED) is 0.460. The first-order valence-corrected chi connectivity index (χ1v) is 6.62. The van der Waals surface area contributed by atoms with Crippen molar-refractivity contribution in [3.8, 4) is 5.75 Å². The van der Waals surface area contributed by atoms with Crippen molar-refractivity contribution in [3.05, 3.63) is 38.4 Å². The Labute approximate surface area is 133 Å². The Kier molecular flexibility index (Phi) is 5.23. The zero-order valence-electron chi connectivity index (χ0n) is 11.9. The van der Waals surface area contributed by atoms with E-state index in [-0.39, 0.29) is 0 Å². The van der Waals surface area contributed by atoms with Gasteiger partial charge in [0.2, 0.25) is 12.0 Å². The number of nitro benzene ring substituents is 2. The van der Waals surface area contributed by atoms with E-state index in [1.165, 1.54) is 0 Å². The minimum absolute atomic E-state index is 0.583. The van der Waals surface area contributed by atoms with Crippen LogP contribution in [0.3, 0.4) is 0 Å². The summed E-state index contributed by atoms with van der Waals surface area (Å²) in [5, 5.41) is 50.8. The first-order chi connectivity index (χ1) is 11.3. The third-order valence-corrected chi connectivity index (χ3v) is 3.39. The molecule has 0 radical (unpaired) electrons. The van der Waals surface area contributed by atoms with Gasteiger partial charge in [0.15, 0.2) is 0 Å². The number of nitro groups is 2. The van der Waals surface area contributed by atoms with E-state index in [9.17, 15) is 39.9 Å². The molecule has 1 aromatic rings. The minimum atomic E-state index is -1.75. The molecule has 0 aromatic heterocycles. The van der Waals surface area contributed by atoms with Crippen molar-refractivity contribution >= 4 is 11.4 Å².